The average Bonchev–Trinajstić information content (AvgIpc) is 3.00. The highest BCUT2D eigenvalue weighted by molar-refractivity contribution is 7.10. The Morgan fingerprint density at radius 1 is 1.18 bits per heavy atom. The number of anilines is 1. The van der Waals surface area contributed by atoms with Gasteiger partial charge in [-0.1, -0.05) is 13.0 Å². The fraction of sp³-hybridized carbons (Fsp3) is 0.294. The number of hydrogen-bond acceptors (Lipinski definition) is 3. The minimum Gasteiger partial charge on any atom is -0.350 e. The number of thiophene rings is 1. The standard InChI is InChI=1S/C17H20N2O2S/c1-3-12(2)18-17(21)13-6-8-14(9-7-13)19-16(20)11-15-5-4-10-22-15/h4-10,12H,3,11H2,1-2H3,(H,18,21)(H,19,20). The molecule has 0 bridgehead atoms. The molecule has 1 heterocycles. The zero-order valence-electron chi connectivity index (χ0n) is 12.8. The molecule has 0 aliphatic rings. The van der Waals surface area contributed by atoms with E-state index in [1.807, 2.05) is 31.4 Å². The predicted molar refractivity (Wildman–Crippen MR) is 90.3 cm³/mol. The van der Waals surface area contributed by atoms with Gasteiger partial charge in [-0.05, 0) is 49.1 Å². The molecular weight excluding hydrogens is 296 g/mol. The van der Waals surface area contributed by atoms with Crippen LogP contribution in [-0.4, -0.2) is 17.9 Å². The van der Waals surface area contributed by atoms with Gasteiger partial charge in [0.1, 0.15) is 0 Å². The Kier molecular flexibility index (Phi) is 5.72. The minimum atomic E-state index is -0.0918. The van der Waals surface area contributed by atoms with E-state index < -0.39 is 0 Å². The summed E-state index contributed by atoms with van der Waals surface area (Å²) < 4.78 is 0. The number of rotatable bonds is 6. The van der Waals surface area contributed by atoms with Crippen molar-refractivity contribution in [2.45, 2.75) is 32.7 Å². The molecule has 1 atom stereocenters. The molecule has 5 heteroatoms. The lowest BCUT2D eigenvalue weighted by molar-refractivity contribution is -0.115. The molecule has 116 valence electrons. The van der Waals surface area contributed by atoms with Gasteiger partial charge in [-0.2, -0.15) is 0 Å². The van der Waals surface area contributed by atoms with E-state index in [4.69, 9.17) is 0 Å². The minimum absolute atomic E-state index is 0.0562. The molecule has 0 radical (unpaired) electrons. The van der Waals surface area contributed by atoms with Crippen molar-refractivity contribution in [3.8, 4) is 0 Å². The summed E-state index contributed by atoms with van der Waals surface area (Å²) >= 11 is 1.56. The lowest BCUT2D eigenvalue weighted by Gasteiger charge is -2.11. The Hall–Kier alpha value is -2.14. The maximum Gasteiger partial charge on any atom is 0.251 e. The second kappa shape index (κ2) is 7.75. The first-order valence-electron chi connectivity index (χ1n) is 7.31. The predicted octanol–water partition coefficient (Wildman–Crippen LogP) is 3.46. The summed E-state index contributed by atoms with van der Waals surface area (Å²) in [6.07, 6.45) is 1.26. The number of nitrogens with one attached hydrogen (secondary N) is 2. The molecule has 0 aliphatic heterocycles. The van der Waals surface area contributed by atoms with Crippen LogP contribution in [0.15, 0.2) is 41.8 Å². The maximum absolute atomic E-state index is 12.0. The molecule has 0 spiro atoms. The van der Waals surface area contributed by atoms with Crippen LogP contribution in [0.2, 0.25) is 0 Å². The Bertz CT molecular complexity index is 621. The van der Waals surface area contributed by atoms with Gasteiger partial charge in [-0.25, -0.2) is 0 Å². The van der Waals surface area contributed by atoms with Gasteiger partial charge in [0.25, 0.3) is 5.91 Å². The first kappa shape index (κ1) is 16.2. The molecule has 0 fully saturated rings. The molecule has 0 aliphatic carbocycles. The van der Waals surface area contributed by atoms with Gasteiger partial charge in [0.2, 0.25) is 5.91 Å². The molecule has 4 nitrogen and oxygen atoms in total. The van der Waals surface area contributed by atoms with E-state index in [1.165, 1.54) is 0 Å². The molecule has 2 rings (SSSR count). The van der Waals surface area contributed by atoms with Crippen LogP contribution in [0.4, 0.5) is 5.69 Å². The summed E-state index contributed by atoms with van der Waals surface area (Å²) in [5, 5.41) is 7.70. The van der Waals surface area contributed by atoms with E-state index in [0.717, 1.165) is 11.3 Å². The second-order valence-electron chi connectivity index (χ2n) is 5.16. The summed E-state index contributed by atoms with van der Waals surface area (Å²) in [6, 6.07) is 11.0. The van der Waals surface area contributed by atoms with Gasteiger partial charge < -0.3 is 10.6 Å². The summed E-state index contributed by atoms with van der Waals surface area (Å²) in [7, 11) is 0. The van der Waals surface area contributed by atoms with Crippen molar-refractivity contribution in [3.63, 3.8) is 0 Å². The highest BCUT2D eigenvalue weighted by Gasteiger charge is 2.09. The Balaban J connectivity index is 1.91. The highest BCUT2D eigenvalue weighted by Crippen LogP contribution is 2.13. The first-order valence-corrected chi connectivity index (χ1v) is 8.19. The largest absolute Gasteiger partial charge is 0.350 e. The van der Waals surface area contributed by atoms with Crippen molar-refractivity contribution in [2.75, 3.05) is 5.32 Å². The third kappa shape index (κ3) is 4.70. The zero-order chi connectivity index (χ0) is 15.9. The van der Waals surface area contributed by atoms with E-state index in [1.54, 1.807) is 35.6 Å². The monoisotopic (exact) mass is 316 g/mol. The van der Waals surface area contributed by atoms with Crippen LogP contribution in [0.5, 0.6) is 0 Å². The molecule has 22 heavy (non-hydrogen) atoms. The number of hydrogen-bond donors (Lipinski definition) is 2. The summed E-state index contributed by atoms with van der Waals surface area (Å²) in [6.45, 7) is 3.99. The first-order chi connectivity index (χ1) is 10.6. The smallest absolute Gasteiger partial charge is 0.251 e. The van der Waals surface area contributed by atoms with E-state index >= 15 is 0 Å². The van der Waals surface area contributed by atoms with Gasteiger partial charge in [0, 0.05) is 22.2 Å². The van der Waals surface area contributed by atoms with Crippen LogP contribution in [0.25, 0.3) is 0 Å². The Labute approximate surface area is 134 Å². The van der Waals surface area contributed by atoms with Gasteiger partial charge in [0.15, 0.2) is 0 Å². The third-order valence-corrected chi connectivity index (χ3v) is 4.21. The molecular formula is C17H20N2O2S. The molecule has 0 saturated heterocycles. The lowest BCUT2D eigenvalue weighted by Crippen LogP contribution is -2.31. The quantitative estimate of drug-likeness (QED) is 0.857. The van der Waals surface area contributed by atoms with Crippen molar-refractivity contribution < 1.29 is 9.59 Å². The van der Waals surface area contributed by atoms with Crippen LogP contribution < -0.4 is 10.6 Å². The van der Waals surface area contributed by atoms with Gasteiger partial charge in [-0.3, -0.25) is 9.59 Å². The van der Waals surface area contributed by atoms with Gasteiger partial charge in [-0.15, -0.1) is 11.3 Å². The molecule has 1 aromatic heterocycles. The Morgan fingerprint density at radius 3 is 2.50 bits per heavy atom. The van der Waals surface area contributed by atoms with Crippen LogP contribution >= 0.6 is 11.3 Å². The average molecular weight is 316 g/mol. The number of benzene rings is 1. The normalized spacial score (nSPS) is 11.7. The zero-order valence-corrected chi connectivity index (χ0v) is 13.6. The number of carbonyl (C=O) groups is 2. The fourth-order valence-corrected chi connectivity index (χ4v) is 2.59. The van der Waals surface area contributed by atoms with Crippen LogP contribution in [0, 0.1) is 0 Å². The van der Waals surface area contributed by atoms with E-state index in [2.05, 4.69) is 10.6 Å². The summed E-state index contributed by atoms with van der Waals surface area (Å²) in [5.74, 6) is -0.148. The number of amides is 2. The van der Waals surface area contributed by atoms with E-state index in [0.29, 0.717) is 17.7 Å². The second-order valence-corrected chi connectivity index (χ2v) is 6.20. The van der Waals surface area contributed by atoms with Crippen molar-refractivity contribution in [1.82, 2.24) is 5.32 Å². The lowest BCUT2D eigenvalue weighted by atomic mass is 10.1. The molecule has 1 aromatic carbocycles. The molecule has 2 aromatic rings. The topological polar surface area (TPSA) is 58.2 Å². The van der Waals surface area contributed by atoms with Crippen molar-refractivity contribution in [2.24, 2.45) is 0 Å². The van der Waals surface area contributed by atoms with Crippen LogP contribution in [0.3, 0.4) is 0 Å². The summed E-state index contributed by atoms with van der Waals surface area (Å²) in [5.41, 5.74) is 1.29. The maximum atomic E-state index is 12.0. The van der Waals surface area contributed by atoms with Crippen molar-refractivity contribution in [1.29, 1.82) is 0 Å². The summed E-state index contributed by atoms with van der Waals surface area (Å²) in [4.78, 5) is 24.9. The Morgan fingerprint density at radius 2 is 1.91 bits per heavy atom. The molecule has 0 saturated carbocycles. The molecule has 1 unspecified atom stereocenters. The van der Waals surface area contributed by atoms with Gasteiger partial charge in [0.05, 0.1) is 6.42 Å². The van der Waals surface area contributed by atoms with Crippen LogP contribution in [-0.2, 0) is 11.2 Å². The van der Waals surface area contributed by atoms with E-state index in [9.17, 15) is 9.59 Å². The van der Waals surface area contributed by atoms with Gasteiger partial charge >= 0.3 is 0 Å². The molecule has 2 N–H and O–H groups in total. The molecule has 2 amide bonds. The third-order valence-electron chi connectivity index (χ3n) is 3.34. The SMILES string of the molecule is CCC(C)NC(=O)c1ccc(NC(=O)Cc2cccs2)cc1. The fourth-order valence-electron chi connectivity index (χ4n) is 1.89. The van der Waals surface area contributed by atoms with Crippen molar-refractivity contribution in [3.05, 3.63) is 52.2 Å². The van der Waals surface area contributed by atoms with E-state index in [-0.39, 0.29) is 17.9 Å². The highest BCUT2D eigenvalue weighted by atomic mass is 32.1. The van der Waals surface area contributed by atoms with Crippen LogP contribution in [0.1, 0.15) is 35.5 Å². The van der Waals surface area contributed by atoms with Crippen molar-refractivity contribution >= 4 is 28.8 Å². The number of carbonyl (C=O) groups excluding carboxylic acids is 2.